The van der Waals surface area contributed by atoms with E-state index >= 15 is 0 Å². The lowest BCUT2D eigenvalue weighted by atomic mass is 10.1. The normalized spacial score (nSPS) is 10.6. The van der Waals surface area contributed by atoms with E-state index in [0.29, 0.717) is 47.6 Å². The lowest BCUT2D eigenvalue weighted by molar-refractivity contribution is -0.384. The van der Waals surface area contributed by atoms with Gasteiger partial charge >= 0.3 is 0 Å². The second-order valence-electron chi connectivity index (χ2n) is 7.01. The first-order chi connectivity index (χ1) is 16.5. The molecule has 0 saturated heterocycles. The number of rotatable bonds is 12. The molecule has 1 heterocycles. The third-order valence-corrected chi connectivity index (χ3v) is 5.71. The first kappa shape index (κ1) is 24.9. The third kappa shape index (κ3) is 6.21. The van der Waals surface area contributed by atoms with Gasteiger partial charge in [-0.05, 0) is 36.8 Å². The molecule has 180 valence electrons. The third-order valence-electron chi connectivity index (χ3n) is 4.85. The van der Waals surface area contributed by atoms with Crippen molar-refractivity contribution in [1.29, 1.82) is 0 Å². The SMILES string of the molecule is COCCCN(C(=O)COc1ccc([N+](=O)[O-])cc1)c1nc(-c2cc(OC)ccc2OC)cs1. The molecular weight excluding hydrogens is 462 g/mol. The molecule has 0 saturated carbocycles. The molecule has 3 aromatic rings. The minimum Gasteiger partial charge on any atom is -0.497 e. The molecular formula is C23H25N3O7S. The Morgan fingerprint density at radius 3 is 2.47 bits per heavy atom. The molecule has 0 radical (unpaired) electrons. The van der Waals surface area contributed by atoms with Crippen LogP contribution in [-0.4, -0.2) is 56.9 Å². The number of nitro benzene ring substituents is 1. The van der Waals surface area contributed by atoms with E-state index in [1.807, 2.05) is 11.4 Å². The predicted molar refractivity (Wildman–Crippen MR) is 128 cm³/mol. The fourth-order valence-corrected chi connectivity index (χ4v) is 3.98. The minimum atomic E-state index is -0.496. The number of non-ortho nitro benzene ring substituents is 1. The number of methoxy groups -OCH3 is 3. The monoisotopic (exact) mass is 487 g/mol. The van der Waals surface area contributed by atoms with Crippen LogP contribution >= 0.6 is 11.3 Å². The van der Waals surface area contributed by atoms with Gasteiger partial charge in [-0.15, -0.1) is 11.3 Å². The highest BCUT2D eigenvalue weighted by atomic mass is 32.1. The van der Waals surface area contributed by atoms with Gasteiger partial charge in [0.15, 0.2) is 11.7 Å². The van der Waals surface area contributed by atoms with Gasteiger partial charge < -0.3 is 18.9 Å². The van der Waals surface area contributed by atoms with Crippen molar-refractivity contribution in [2.75, 3.05) is 46.0 Å². The van der Waals surface area contributed by atoms with Gasteiger partial charge in [0.05, 0.1) is 24.8 Å². The Balaban J connectivity index is 1.79. The summed E-state index contributed by atoms with van der Waals surface area (Å²) in [5, 5.41) is 13.2. The van der Waals surface area contributed by atoms with Crippen LogP contribution in [0.5, 0.6) is 17.2 Å². The number of hydrogen-bond acceptors (Lipinski definition) is 9. The first-order valence-corrected chi connectivity index (χ1v) is 11.2. The highest BCUT2D eigenvalue weighted by Crippen LogP contribution is 2.36. The van der Waals surface area contributed by atoms with Crippen molar-refractivity contribution < 1.29 is 28.7 Å². The molecule has 0 unspecified atom stereocenters. The average Bonchev–Trinajstić information content (AvgIpc) is 3.34. The molecule has 3 rings (SSSR count). The summed E-state index contributed by atoms with van der Waals surface area (Å²) in [6, 6.07) is 11.0. The molecule has 34 heavy (non-hydrogen) atoms. The van der Waals surface area contributed by atoms with E-state index in [9.17, 15) is 14.9 Å². The molecule has 10 nitrogen and oxygen atoms in total. The number of benzene rings is 2. The molecule has 0 spiro atoms. The molecule has 2 aromatic carbocycles. The largest absolute Gasteiger partial charge is 0.497 e. The van der Waals surface area contributed by atoms with E-state index in [4.69, 9.17) is 18.9 Å². The summed E-state index contributed by atoms with van der Waals surface area (Å²) in [7, 11) is 4.76. The Labute approximate surface area is 200 Å². The van der Waals surface area contributed by atoms with Gasteiger partial charge in [-0.25, -0.2) is 4.98 Å². The first-order valence-electron chi connectivity index (χ1n) is 10.3. The number of amides is 1. The van der Waals surface area contributed by atoms with E-state index in [-0.39, 0.29) is 18.2 Å². The summed E-state index contributed by atoms with van der Waals surface area (Å²) in [5.41, 5.74) is 1.34. The van der Waals surface area contributed by atoms with Crippen LogP contribution in [0.2, 0.25) is 0 Å². The van der Waals surface area contributed by atoms with Gasteiger partial charge in [0, 0.05) is 43.3 Å². The molecule has 0 bridgehead atoms. The van der Waals surface area contributed by atoms with E-state index < -0.39 is 4.92 Å². The molecule has 0 aliphatic heterocycles. The van der Waals surface area contributed by atoms with Gasteiger partial charge in [-0.2, -0.15) is 0 Å². The van der Waals surface area contributed by atoms with Crippen molar-refractivity contribution in [3.8, 4) is 28.5 Å². The quantitative estimate of drug-likeness (QED) is 0.212. The van der Waals surface area contributed by atoms with Crippen LogP contribution < -0.4 is 19.1 Å². The van der Waals surface area contributed by atoms with Crippen LogP contribution in [-0.2, 0) is 9.53 Å². The fraction of sp³-hybridized carbons (Fsp3) is 0.304. The molecule has 0 aliphatic rings. The van der Waals surface area contributed by atoms with Gasteiger partial charge in [-0.1, -0.05) is 0 Å². The number of nitro groups is 1. The Morgan fingerprint density at radius 2 is 1.82 bits per heavy atom. The van der Waals surface area contributed by atoms with E-state index in [2.05, 4.69) is 4.98 Å². The van der Waals surface area contributed by atoms with Crippen LogP contribution in [0.25, 0.3) is 11.3 Å². The minimum absolute atomic E-state index is 0.0526. The molecule has 0 atom stereocenters. The molecule has 0 fully saturated rings. The maximum absolute atomic E-state index is 13.0. The fourth-order valence-electron chi connectivity index (χ4n) is 3.11. The molecule has 0 aliphatic carbocycles. The summed E-state index contributed by atoms with van der Waals surface area (Å²) in [5.74, 6) is 1.36. The van der Waals surface area contributed by atoms with Gasteiger partial charge in [0.1, 0.15) is 17.2 Å². The number of hydrogen-bond donors (Lipinski definition) is 0. The van der Waals surface area contributed by atoms with E-state index in [1.165, 1.54) is 35.6 Å². The zero-order chi connectivity index (χ0) is 24.5. The number of aromatic nitrogens is 1. The smallest absolute Gasteiger partial charge is 0.269 e. The Morgan fingerprint density at radius 1 is 1.09 bits per heavy atom. The highest BCUT2D eigenvalue weighted by Gasteiger charge is 2.21. The van der Waals surface area contributed by atoms with Crippen LogP contribution in [0.15, 0.2) is 47.8 Å². The topological polar surface area (TPSA) is 113 Å². The number of carbonyl (C=O) groups is 1. The Kier molecular flexibility index (Phi) is 8.77. The molecule has 0 N–H and O–H groups in total. The predicted octanol–water partition coefficient (Wildman–Crippen LogP) is 4.18. The van der Waals surface area contributed by atoms with Crippen molar-refractivity contribution >= 4 is 28.1 Å². The van der Waals surface area contributed by atoms with Crippen molar-refractivity contribution in [1.82, 2.24) is 4.98 Å². The molecule has 1 amide bonds. The number of carbonyl (C=O) groups excluding carboxylic acids is 1. The molecule has 11 heteroatoms. The zero-order valence-corrected chi connectivity index (χ0v) is 19.9. The average molecular weight is 488 g/mol. The second kappa shape index (κ2) is 12.0. The van der Waals surface area contributed by atoms with Crippen LogP contribution in [0.4, 0.5) is 10.8 Å². The Bertz CT molecular complexity index is 1120. The highest BCUT2D eigenvalue weighted by molar-refractivity contribution is 7.14. The van der Waals surface area contributed by atoms with Crippen LogP contribution in [0, 0.1) is 10.1 Å². The number of thiazole rings is 1. The van der Waals surface area contributed by atoms with E-state index in [1.54, 1.807) is 38.4 Å². The number of anilines is 1. The maximum Gasteiger partial charge on any atom is 0.269 e. The number of ether oxygens (including phenoxy) is 4. The molecule has 1 aromatic heterocycles. The van der Waals surface area contributed by atoms with Crippen LogP contribution in [0.3, 0.4) is 0 Å². The van der Waals surface area contributed by atoms with E-state index in [0.717, 1.165) is 5.56 Å². The summed E-state index contributed by atoms with van der Waals surface area (Å²) in [6.07, 6.45) is 0.608. The van der Waals surface area contributed by atoms with Gasteiger partial charge in [-0.3, -0.25) is 19.8 Å². The summed E-state index contributed by atoms with van der Waals surface area (Å²) in [6.45, 7) is 0.621. The van der Waals surface area contributed by atoms with Crippen molar-refractivity contribution in [3.63, 3.8) is 0 Å². The number of nitrogens with zero attached hydrogens (tertiary/aromatic N) is 3. The Hall–Kier alpha value is -3.70. The van der Waals surface area contributed by atoms with Crippen LogP contribution in [0.1, 0.15) is 6.42 Å². The summed E-state index contributed by atoms with van der Waals surface area (Å²) in [4.78, 5) is 29.6. The van der Waals surface area contributed by atoms with Crippen molar-refractivity contribution in [2.24, 2.45) is 0 Å². The summed E-state index contributed by atoms with van der Waals surface area (Å²) < 4.78 is 21.5. The maximum atomic E-state index is 13.0. The second-order valence-corrected chi connectivity index (χ2v) is 7.85. The van der Waals surface area contributed by atoms with Gasteiger partial charge in [0.25, 0.3) is 11.6 Å². The van der Waals surface area contributed by atoms with Crippen molar-refractivity contribution in [3.05, 3.63) is 58.0 Å². The zero-order valence-electron chi connectivity index (χ0n) is 19.1. The summed E-state index contributed by atoms with van der Waals surface area (Å²) >= 11 is 1.32. The van der Waals surface area contributed by atoms with Gasteiger partial charge in [0.2, 0.25) is 0 Å². The van der Waals surface area contributed by atoms with Crippen molar-refractivity contribution in [2.45, 2.75) is 6.42 Å². The lowest BCUT2D eigenvalue weighted by Gasteiger charge is -2.20. The standard InChI is InChI=1S/C23H25N3O7S/c1-30-12-4-11-25(22(27)14-33-17-7-5-16(6-8-17)26(28)29)23-24-20(15-34-23)19-13-18(31-2)9-10-21(19)32-3/h5-10,13,15H,4,11-12,14H2,1-3H3. The lowest BCUT2D eigenvalue weighted by Crippen LogP contribution is -2.36.